The van der Waals surface area contributed by atoms with Crippen LogP contribution in [-0.4, -0.2) is 41.0 Å². The summed E-state index contributed by atoms with van der Waals surface area (Å²) in [6.45, 7) is 8.52. The first-order valence-electron chi connectivity index (χ1n) is 11.7. The summed E-state index contributed by atoms with van der Waals surface area (Å²) in [6, 6.07) is 16.0. The van der Waals surface area contributed by atoms with Crippen LogP contribution in [0.4, 0.5) is 0 Å². The number of para-hydroxylation sites is 1. The standard InChI is InChI=1S/C27H34N4O2/c1-27(2,3)26(32)30-24(22-11-5-6-15-28-22)20-10-8-16-31(17-20)18-21-14-13-19-9-7-12-23(33-4)25(19)29-21/h5-7,9,11-15,20,24H,8,10,16-18H2,1-4H3,(H,30,32)/t20-,24-/m0/s1. The van der Waals surface area contributed by atoms with Gasteiger partial charge in [-0.15, -0.1) is 0 Å². The molecule has 4 rings (SSSR count). The number of piperidine rings is 1. The molecule has 1 amide bonds. The van der Waals surface area contributed by atoms with Gasteiger partial charge in [0.15, 0.2) is 0 Å². The molecule has 3 aromatic rings. The third-order valence-corrected chi connectivity index (χ3v) is 6.33. The number of likely N-dealkylation sites (tertiary alicyclic amines) is 1. The lowest BCUT2D eigenvalue weighted by atomic mass is 9.86. The molecule has 0 unspecified atom stereocenters. The SMILES string of the molecule is COc1cccc2ccc(CN3CCC[C@H]([C@H](NC(=O)C(C)(C)C)c4ccccn4)C3)nc12. The Morgan fingerprint density at radius 2 is 2.03 bits per heavy atom. The lowest BCUT2D eigenvalue weighted by molar-refractivity contribution is -0.130. The highest BCUT2D eigenvalue weighted by Crippen LogP contribution is 2.31. The highest BCUT2D eigenvalue weighted by atomic mass is 16.5. The number of pyridine rings is 2. The Balaban J connectivity index is 1.53. The van der Waals surface area contributed by atoms with Crippen molar-refractivity contribution in [3.63, 3.8) is 0 Å². The van der Waals surface area contributed by atoms with Crippen molar-refractivity contribution in [2.45, 2.75) is 46.2 Å². The number of ether oxygens (including phenoxy) is 1. The van der Waals surface area contributed by atoms with Crippen LogP contribution in [0.3, 0.4) is 0 Å². The van der Waals surface area contributed by atoms with Gasteiger partial charge in [-0.25, -0.2) is 4.98 Å². The van der Waals surface area contributed by atoms with E-state index in [1.54, 1.807) is 13.3 Å². The number of nitrogens with zero attached hydrogens (tertiary/aromatic N) is 3. The molecule has 2 atom stereocenters. The molecule has 174 valence electrons. The topological polar surface area (TPSA) is 67.3 Å². The summed E-state index contributed by atoms with van der Waals surface area (Å²) < 4.78 is 5.51. The number of fused-ring (bicyclic) bond motifs is 1. The Labute approximate surface area is 196 Å². The number of carbonyl (C=O) groups is 1. The summed E-state index contributed by atoms with van der Waals surface area (Å²) in [6.07, 6.45) is 3.94. The van der Waals surface area contributed by atoms with E-state index < -0.39 is 5.41 Å². The Hall–Kier alpha value is -2.99. The van der Waals surface area contributed by atoms with Crippen LogP contribution in [-0.2, 0) is 11.3 Å². The van der Waals surface area contributed by atoms with Crippen molar-refractivity contribution in [2.24, 2.45) is 11.3 Å². The number of amides is 1. The van der Waals surface area contributed by atoms with Gasteiger partial charge in [0.2, 0.25) is 5.91 Å². The first kappa shape index (κ1) is 23.2. The zero-order valence-corrected chi connectivity index (χ0v) is 20.0. The minimum absolute atomic E-state index is 0.0542. The predicted octanol–water partition coefficient (Wildman–Crippen LogP) is 4.75. The van der Waals surface area contributed by atoms with E-state index in [9.17, 15) is 4.79 Å². The number of nitrogens with one attached hydrogen (secondary N) is 1. The van der Waals surface area contributed by atoms with Crippen molar-refractivity contribution in [2.75, 3.05) is 20.2 Å². The van der Waals surface area contributed by atoms with Crippen LogP contribution in [0, 0.1) is 11.3 Å². The molecule has 1 saturated heterocycles. The summed E-state index contributed by atoms with van der Waals surface area (Å²) in [4.78, 5) is 24.8. The van der Waals surface area contributed by atoms with Crippen molar-refractivity contribution in [3.05, 3.63) is 66.1 Å². The maximum absolute atomic E-state index is 12.9. The van der Waals surface area contributed by atoms with E-state index in [1.165, 1.54) is 0 Å². The van der Waals surface area contributed by atoms with Crippen LogP contribution in [0.5, 0.6) is 5.75 Å². The molecular formula is C27H34N4O2. The normalized spacial score (nSPS) is 18.1. The third-order valence-electron chi connectivity index (χ3n) is 6.33. The Bertz CT molecular complexity index is 1090. The van der Waals surface area contributed by atoms with Gasteiger partial charge in [-0.05, 0) is 49.6 Å². The average molecular weight is 447 g/mol. The summed E-state index contributed by atoms with van der Waals surface area (Å²) >= 11 is 0. The predicted molar refractivity (Wildman–Crippen MR) is 131 cm³/mol. The second-order valence-electron chi connectivity index (χ2n) is 9.93. The molecule has 0 aliphatic carbocycles. The van der Waals surface area contributed by atoms with E-state index in [4.69, 9.17) is 9.72 Å². The van der Waals surface area contributed by atoms with Crippen LogP contribution in [0.2, 0.25) is 0 Å². The second kappa shape index (κ2) is 9.87. The molecule has 1 fully saturated rings. The molecule has 6 heteroatoms. The number of hydrogen-bond acceptors (Lipinski definition) is 5. The van der Waals surface area contributed by atoms with Crippen molar-refractivity contribution < 1.29 is 9.53 Å². The van der Waals surface area contributed by atoms with Gasteiger partial charge in [0, 0.05) is 30.1 Å². The zero-order chi connectivity index (χ0) is 23.4. The number of carbonyl (C=O) groups excluding carboxylic acids is 1. The maximum atomic E-state index is 12.9. The molecule has 1 aromatic carbocycles. The lowest BCUT2D eigenvalue weighted by Gasteiger charge is -2.37. The van der Waals surface area contributed by atoms with Gasteiger partial charge in [0.05, 0.1) is 24.5 Å². The quantitative estimate of drug-likeness (QED) is 0.592. The van der Waals surface area contributed by atoms with Crippen LogP contribution < -0.4 is 10.1 Å². The van der Waals surface area contributed by atoms with Crippen molar-refractivity contribution in [1.82, 2.24) is 20.2 Å². The number of benzene rings is 1. The molecule has 0 spiro atoms. The molecule has 33 heavy (non-hydrogen) atoms. The first-order valence-corrected chi connectivity index (χ1v) is 11.7. The van der Waals surface area contributed by atoms with Crippen LogP contribution >= 0.6 is 0 Å². The average Bonchev–Trinajstić information content (AvgIpc) is 2.82. The van der Waals surface area contributed by atoms with Gasteiger partial charge >= 0.3 is 0 Å². The molecule has 0 radical (unpaired) electrons. The summed E-state index contributed by atoms with van der Waals surface area (Å²) in [7, 11) is 1.68. The molecule has 1 N–H and O–H groups in total. The minimum atomic E-state index is -0.449. The largest absolute Gasteiger partial charge is 0.494 e. The highest BCUT2D eigenvalue weighted by molar-refractivity contribution is 5.84. The summed E-state index contributed by atoms with van der Waals surface area (Å²) in [5, 5.41) is 4.38. The Kier molecular flexibility index (Phi) is 6.94. The van der Waals surface area contributed by atoms with Gasteiger partial charge in [0.25, 0.3) is 0 Å². The van der Waals surface area contributed by atoms with Crippen molar-refractivity contribution >= 4 is 16.8 Å². The smallest absolute Gasteiger partial charge is 0.225 e. The van der Waals surface area contributed by atoms with Crippen LogP contribution in [0.25, 0.3) is 10.9 Å². The van der Waals surface area contributed by atoms with Gasteiger partial charge in [0.1, 0.15) is 11.3 Å². The molecular weight excluding hydrogens is 412 g/mol. The fourth-order valence-corrected chi connectivity index (χ4v) is 4.50. The van der Waals surface area contributed by atoms with Gasteiger partial charge < -0.3 is 10.1 Å². The number of rotatable bonds is 6. The molecule has 6 nitrogen and oxygen atoms in total. The van der Waals surface area contributed by atoms with E-state index in [-0.39, 0.29) is 17.9 Å². The fourth-order valence-electron chi connectivity index (χ4n) is 4.50. The van der Waals surface area contributed by atoms with E-state index in [0.717, 1.165) is 60.5 Å². The number of hydrogen-bond donors (Lipinski definition) is 1. The number of aromatic nitrogens is 2. The molecule has 1 aliphatic heterocycles. The molecule has 1 aliphatic rings. The van der Waals surface area contributed by atoms with E-state index in [0.29, 0.717) is 0 Å². The van der Waals surface area contributed by atoms with Crippen LogP contribution in [0.15, 0.2) is 54.7 Å². The molecule has 0 saturated carbocycles. The zero-order valence-electron chi connectivity index (χ0n) is 20.0. The highest BCUT2D eigenvalue weighted by Gasteiger charge is 2.33. The van der Waals surface area contributed by atoms with Crippen molar-refractivity contribution in [1.29, 1.82) is 0 Å². The van der Waals surface area contributed by atoms with Gasteiger partial charge in [-0.3, -0.25) is 14.7 Å². The first-order chi connectivity index (χ1) is 15.8. The molecule has 0 bridgehead atoms. The monoisotopic (exact) mass is 446 g/mol. The molecule has 3 heterocycles. The number of methoxy groups -OCH3 is 1. The Morgan fingerprint density at radius 3 is 2.76 bits per heavy atom. The van der Waals surface area contributed by atoms with Gasteiger partial charge in [-0.1, -0.05) is 45.0 Å². The maximum Gasteiger partial charge on any atom is 0.225 e. The van der Waals surface area contributed by atoms with Gasteiger partial charge in [-0.2, -0.15) is 0 Å². The Morgan fingerprint density at radius 1 is 1.18 bits per heavy atom. The summed E-state index contributed by atoms with van der Waals surface area (Å²) in [5.41, 5.74) is 2.40. The van der Waals surface area contributed by atoms with E-state index in [1.807, 2.05) is 51.1 Å². The minimum Gasteiger partial charge on any atom is -0.494 e. The fraction of sp³-hybridized carbons (Fsp3) is 0.444. The van der Waals surface area contributed by atoms with Crippen LogP contribution in [0.1, 0.15) is 51.0 Å². The van der Waals surface area contributed by atoms with Crippen molar-refractivity contribution in [3.8, 4) is 5.75 Å². The van der Waals surface area contributed by atoms with E-state index in [2.05, 4.69) is 33.4 Å². The summed E-state index contributed by atoms with van der Waals surface area (Å²) in [5.74, 6) is 1.14. The lowest BCUT2D eigenvalue weighted by Crippen LogP contribution is -2.45. The third kappa shape index (κ3) is 5.50. The molecule has 2 aromatic heterocycles. The second-order valence-corrected chi connectivity index (χ2v) is 9.93. The van der Waals surface area contributed by atoms with E-state index >= 15 is 0 Å².